The molecule has 0 spiro atoms. The number of nitrogens with one attached hydrogen (secondary N) is 2. The second-order valence-corrected chi connectivity index (χ2v) is 9.69. The Morgan fingerprint density at radius 3 is 2.26 bits per heavy atom. The maximum atomic E-state index is 12.6. The van der Waals surface area contributed by atoms with Crippen LogP contribution in [0.4, 0.5) is 10.5 Å². The number of nitrogens with zero attached hydrogens (tertiary/aromatic N) is 1. The standard InChI is InChI=1S/C25H23N3O5S2/c29-25(33-16-19-7-3-1-4-8-19)27-22(15-18-11-13-21(14-12-18)28-35(30,31)32)23-17-34-24(26-23)20-9-5-2-6-10-20/h1-14,17,22,28H,15-16H2,(H,27,29)(H,30,31,32)/t22-/m0/s1. The first-order valence-corrected chi connectivity index (χ1v) is 13.0. The summed E-state index contributed by atoms with van der Waals surface area (Å²) in [6.07, 6.45) is -0.178. The lowest BCUT2D eigenvalue weighted by molar-refractivity contribution is 0.135. The van der Waals surface area contributed by atoms with Crippen LogP contribution in [-0.2, 0) is 28.1 Å². The summed E-state index contributed by atoms with van der Waals surface area (Å²) in [5.41, 5.74) is 3.60. The van der Waals surface area contributed by atoms with Crippen LogP contribution in [0.3, 0.4) is 0 Å². The van der Waals surface area contributed by atoms with E-state index in [9.17, 15) is 13.2 Å². The summed E-state index contributed by atoms with van der Waals surface area (Å²) in [5.74, 6) is 0. The van der Waals surface area contributed by atoms with Crippen molar-refractivity contribution in [2.75, 3.05) is 4.72 Å². The third-order valence-corrected chi connectivity index (χ3v) is 6.45. The molecule has 0 bridgehead atoms. The second kappa shape index (κ2) is 11.1. The fourth-order valence-corrected chi connectivity index (χ4v) is 4.70. The molecule has 0 aliphatic heterocycles. The molecule has 1 amide bonds. The number of anilines is 1. The van der Waals surface area contributed by atoms with Gasteiger partial charge in [0, 0.05) is 10.9 Å². The summed E-state index contributed by atoms with van der Waals surface area (Å²) in [6.45, 7) is 0.141. The first kappa shape index (κ1) is 24.4. The van der Waals surface area contributed by atoms with Crippen LogP contribution in [0.2, 0.25) is 0 Å². The number of carbonyl (C=O) groups is 1. The average Bonchev–Trinajstić information content (AvgIpc) is 3.34. The molecule has 10 heteroatoms. The minimum atomic E-state index is -4.36. The van der Waals surface area contributed by atoms with Crippen molar-refractivity contribution in [3.05, 3.63) is 107 Å². The van der Waals surface area contributed by atoms with Crippen LogP contribution in [-0.4, -0.2) is 24.0 Å². The fraction of sp³-hybridized carbons (Fsp3) is 0.120. The predicted molar refractivity (Wildman–Crippen MR) is 135 cm³/mol. The Bertz CT molecular complexity index is 1360. The Hall–Kier alpha value is -3.73. The third kappa shape index (κ3) is 7.38. The highest BCUT2D eigenvalue weighted by molar-refractivity contribution is 7.87. The number of benzene rings is 3. The van der Waals surface area contributed by atoms with E-state index in [0.717, 1.165) is 21.7 Å². The van der Waals surface area contributed by atoms with Crippen LogP contribution in [0.25, 0.3) is 10.6 Å². The van der Waals surface area contributed by atoms with E-state index in [1.807, 2.05) is 70.8 Å². The van der Waals surface area contributed by atoms with Gasteiger partial charge in [-0.2, -0.15) is 8.42 Å². The number of hydrogen-bond donors (Lipinski definition) is 3. The summed E-state index contributed by atoms with van der Waals surface area (Å²) >= 11 is 1.48. The smallest absolute Gasteiger partial charge is 0.408 e. The lowest BCUT2D eigenvalue weighted by atomic mass is 10.0. The van der Waals surface area contributed by atoms with Crippen LogP contribution in [0.1, 0.15) is 22.9 Å². The predicted octanol–water partition coefficient (Wildman–Crippen LogP) is 5.24. The molecule has 1 aromatic heterocycles. The van der Waals surface area contributed by atoms with Gasteiger partial charge in [-0.15, -0.1) is 11.3 Å². The van der Waals surface area contributed by atoms with E-state index in [1.165, 1.54) is 23.5 Å². The quantitative estimate of drug-likeness (QED) is 0.266. The Morgan fingerprint density at radius 2 is 1.60 bits per heavy atom. The van der Waals surface area contributed by atoms with E-state index in [2.05, 4.69) is 5.32 Å². The van der Waals surface area contributed by atoms with E-state index < -0.39 is 22.4 Å². The van der Waals surface area contributed by atoms with Crippen LogP contribution in [0.15, 0.2) is 90.3 Å². The summed E-state index contributed by atoms with van der Waals surface area (Å²) < 4.78 is 38.4. The monoisotopic (exact) mass is 509 g/mol. The molecule has 1 heterocycles. The molecule has 0 saturated carbocycles. The van der Waals surface area contributed by atoms with Gasteiger partial charge in [0.25, 0.3) is 0 Å². The largest absolute Gasteiger partial charge is 0.445 e. The molecule has 3 N–H and O–H groups in total. The Kier molecular flexibility index (Phi) is 7.76. The minimum absolute atomic E-state index is 0.141. The van der Waals surface area contributed by atoms with Crippen molar-refractivity contribution in [2.45, 2.75) is 19.1 Å². The number of thiazole rings is 1. The van der Waals surface area contributed by atoms with E-state index in [1.54, 1.807) is 12.1 Å². The number of rotatable bonds is 9. The zero-order valence-electron chi connectivity index (χ0n) is 18.5. The molecular weight excluding hydrogens is 486 g/mol. The zero-order chi connectivity index (χ0) is 24.7. The molecule has 35 heavy (non-hydrogen) atoms. The molecule has 0 saturated heterocycles. The second-order valence-electron chi connectivity index (χ2n) is 7.68. The number of aromatic nitrogens is 1. The van der Waals surface area contributed by atoms with Gasteiger partial charge in [0.1, 0.15) is 11.6 Å². The van der Waals surface area contributed by atoms with Gasteiger partial charge >= 0.3 is 16.4 Å². The zero-order valence-corrected chi connectivity index (χ0v) is 20.1. The molecule has 0 aliphatic rings. The lowest BCUT2D eigenvalue weighted by Gasteiger charge is -2.17. The van der Waals surface area contributed by atoms with Crippen LogP contribution >= 0.6 is 11.3 Å². The van der Waals surface area contributed by atoms with E-state index >= 15 is 0 Å². The maximum absolute atomic E-state index is 12.6. The van der Waals surface area contributed by atoms with Crippen LogP contribution < -0.4 is 10.0 Å². The Labute approximate surface area is 207 Å². The summed E-state index contributed by atoms with van der Waals surface area (Å²) in [4.78, 5) is 17.4. The van der Waals surface area contributed by atoms with Crippen molar-refractivity contribution in [3.8, 4) is 10.6 Å². The molecule has 8 nitrogen and oxygen atoms in total. The van der Waals surface area contributed by atoms with Crippen molar-refractivity contribution < 1.29 is 22.5 Å². The molecule has 1 atom stereocenters. The first-order chi connectivity index (χ1) is 16.9. The summed E-state index contributed by atoms with van der Waals surface area (Å²) in [7, 11) is -4.36. The number of ether oxygens (including phenoxy) is 1. The highest BCUT2D eigenvalue weighted by Crippen LogP contribution is 2.28. The van der Waals surface area contributed by atoms with Gasteiger partial charge in [0.05, 0.1) is 17.4 Å². The van der Waals surface area contributed by atoms with Gasteiger partial charge in [0.2, 0.25) is 0 Å². The number of amides is 1. The van der Waals surface area contributed by atoms with Gasteiger partial charge in [-0.3, -0.25) is 9.27 Å². The van der Waals surface area contributed by atoms with E-state index in [-0.39, 0.29) is 12.3 Å². The SMILES string of the molecule is O=C(N[C@@H](Cc1ccc(NS(=O)(=O)O)cc1)c1csc(-c2ccccc2)n1)OCc1ccccc1. The first-order valence-electron chi connectivity index (χ1n) is 10.7. The fourth-order valence-electron chi connectivity index (χ4n) is 3.39. The van der Waals surface area contributed by atoms with Crippen LogP contribution in [0, 0.1) is 0 Å². The summed E-state index contributed by atoms with van der Waals surface area (Å²) in [6, 6.07) is 25.2. The number of alkyl carbamates (subject to hydrolysis) is 1. The molecular formula is C25H23N3O5S2. The van der Waals surface area contributed by atoms with Crippen LogP contribution in [0.5, 0.6) is 0 Å². The Balaban J connectivity index is 1.51. The highest BCUT2D eigenvalue weighted by atomic mass is 32.2. The molecule has 4 rings (SSSR count). The summed E-state index contributed by atoms with van der Waals surface area (Å²) in [5, 5.41) is 5.63. The highest BCUT2D eigenvalue weighted by Gasteiger charge is 2.20. The topological polar surface area (TPSA) is 118 Å². The molecule has 0 fully saturated rings. The normalized spacial score (nSPS) is 12.0. The molecule has 0 aliphatic carbocycles. The lowest BCUT2D eigenvalue weighted by Crippen LogP contribution is -2.30. The third-order valence-electron chi connectivity index (χ3n) is 5.05. The van der Waals surface area contributed by atoms with Gasteiger partial charge in [0.15, 0.2) is 0 Å². The van der Waals surface area contributed by atoms with E-state index in [4.69, 9.17) is 14.3 Å². The minimum Gasteiger partial charge on any atom is -0.445 e. The van der Waals surface area contributed by atoms with Crippen molar-refractivity contribution in [3.63, 3.8) is 0 Å². The average molecular weight is 510 g/mol. The molecule has 0 unspecified atom stereocenters. The van der Waals surface area contributed by atoms with E-state index in [0.29, 0.717) is 12.1 Å². The van der Waals surface area contributed by atoms with Crippen molar-refractivity contribution in [1.82, 2.24) is 10.3 Å². The van der Waals surface area contributed by atoms with Crippen molar-refractivity contribution in [1.29, 1.82) is 0 Å². The number of carbonyl (C=O) groups excluding carboxylic acids is 1. The molecule has 4 aromatic rings. The molecule has 180 valence electrons. The van der Waals surface area contributed by atoms with Gasteiger partial charge < -0.3 is 10.1 Å². The van der Waals surface area contributed by atoms with Gasteiger partial charge in [-0.05, 0) is 29.7 Å². The molecule has 0 radical (unpaired) electrons. The van der Waals surface area contributed by atoms with Gasteiger partial charge in [-0.25, -0.2) is 9.78 Å². The maximum Gasteiger partial charge on any atom is 0.408 e. The molecule has 3 aromatic carbocycles. The van der Waals surface area contributed by atoms with Gasteiger partial charge in [-0.1, -0.05) is 72.8 Å². The van der Waals surface area contributed by atoms with Crippen molar-refractivity contribution in [2.24, 2.45) is 0 Å². The number of hydrogen-bond acceptors (Lipinski definition) is 6. The Morgan fingerprint density at radius 1 is 0.943 bits per heavy atom. The van der Waals surface area contributed by atoms with Crippen molar-refractivity contribution >= 4 is 33.4 Å².